The maximum atomic E-state index is 12.1. The zero-order valence-corrected chi connectivity index (χ0v) is 17.4. The third-order valence-corrected chi connectivity index (χ3v) is 2.92. The van der Waals surface area contributed by atoms with E-state index in [9.17, 15) is 14.4 Å². The molecular weight excluding hydrogens is 370 g/mol. The number of guanidine groups is 1. The zero-order chi connectivity index (χ0) is 21.5. The molecular formula is C18H29N3O7. The molecule has 1 heterocycles. The number of carbonyl (C=O) groups is 3. The molecule has 0 saturated heterocycles. The molecule has 0 fully saturated rings. The molecule has 2 amide bonds. The van der Waals surface area contributed by atoms with Gasteiger partial charge in [0.2, 0.25) is 11.7 Å². The Hall–Kier alpha value is -2.78. The Bertz CT molecular complexity index is 638. The minimum Gasteiger partial charge on any atom is -0.485 e. The van der Waals surface area contributed by atoms with E-state index in [-0.39, 0.29) is 17.4 Å². The predicted molar refractivity (Wildman–Crippen MR) is 100 cm³/mol. The maximum Gasteiger partial charge on any atom is 0.414 e. The Morgan fingerprint density at radius 2 is 1.46 bits per heavy atom. The van der Waals surface area contributed by atoms with E-state index in [1.807, 2.05) is 0 Å². The summed E-state index contributed by atoms with van der Waals surface area (Å²) in [6.45, 7) is 10.5. The number of carbonyl (C=O) groups excluding carboxylic acids is 3. The summed E-state index contributed by atoms with van der Waals surface area (Å²) in [6.07, 6.45) is -0.677. The fraction of sp³-hybridized carbons (Fsp3) is 0.667. The first kappa shape index (κ1) is 23.3. The van der Waals surface area contributed by atoms with Crippen molar-refractivity contribution in [2.75, 3.05) is 13.7 Å². The van der Waals surface area contributed by atoms with Crippen LogP contribution in [0.4, 0.5) is 9.59 Å². The summed E-state index contributed by atoms with van der Waals surface area (Å²) in [5, 5.41) is 4.70. The third-order valence-electron chi connectivity index (χ3n) is 2.92. The molecule has 28 heavy (non-hydrogen) atoms. The smallest absolute Gasteiger partial charge is 0.414 e. The zero-order valence-electron chi connectivity index (χ0n) is 17.4. The number of rotatable bonds is 2. The molecule has 1 rings (SSSR count). The molecule has 0 bridgehead atoms. The van der Waals surface area contributed by atoms with Gasteiger partial charge in [0.05, 0.1) is 19.4 Å². The molecule has 0 aromatic heterocycles. The molecule has 10 nitrogen and oxygen atoms in total. The van der Waals surface area contributed by atoms with Gasteiger partial charge in [-0.3, -0.25) is 10.6 Å². The summed E-state index contributed by atoms with van der Waals surface area (Å²) in [5.74, 6) is -1.04. The summed E-state index contributed by atoms with van der Waals surface area (Å²) in [4.78, 5) is 40.3. The van der Waals surface area contributed by atoms with E-state index >= 15 is 0 Å². The maximum absolute atomic E-state index is 12.1. The molecule has 0 radical (unpaired) electrons. The van der Waals surface area contributed by atoms with Gasteiger partial charge < -0.3 is 18.9 Å². The van der Waals surface area contributed by atoms with Crippen molar-refractivity contribution in [3.63, 3.8) is 0 Å². The van der Waals surface area contributed by atoms with Crippen LogP contribution < -0.4 is 10.6 Å². The molecule has 2 N–H and O–H groups in total. The number of ether oxygens (including phenoxy) is 4. The number of alkyl carbamates (subject to hydrolysis) is 2. The quantitative estimate of drug-likeness (QED) is 0.316. The van der Waals surface area contributed by atoms with Gasteiger partial charge in [0, 0.05) is 0 Å². The van der Waals surface area contributed by atoms with Crippen molar-refractivity contribution in [1.82, 2.24) is 10.6 Å². The van der Waals surface area contributed by atoms with Crippen molar-refractivity contribution in [2.45, 2.75) is 65.6 Å². The van der Waals surface area contributed by atoms with Gasteiger partial charge in [-0.15, -0.1) is 0 Å². The van der Waals surface area contributed by atoms with Gasteiger partial charge in [0.15, 0.2) is 0 Å². The number of aliphatic imine (C=N–C) groups is 1. The number of allylic oxidation sites excluding steroid dienone is 1. The summed E-state index contributed by atoms with van der Waals surface area (Å²) in [6, 6.07) is 0. The van der Waals surface area contributed by atoms with Crippen molar-refractivity contribution >= 4 is 24.1 Å². The first-order valence-corrected chi connectivity index (χ1v) is 8.83. The van der Waals surface area contributed by atoms with Crippen LogP contribution in [0.2, 0.25) is 0 Å². The van der Waals surface area contributed by atoms with Gasteiger partial charge in [-0.2, -0.15) is 0 Å². The van der Waals surface area contributed by atoms with Crippen LogP contribution in [-0.4, -0.2) is 49.0 Å². The second kappa shape index (κ2) is 9.43. The van der Waals surface area contributed by atoms with Crippen LogP contribution in [0, 0.1) is 0 Å². The number of hydrogen-bond donors (Lipinski definition) is 2. The largest absolute Gasteiger partial charge is 0.485 e. The average Bonchev–Trinajstić information content (AvgIpc) is 2.50. The third kappa shape index (κ3) is 8.74. The molecule has 1 aliphatic heterocycles. The van der Waals surface area contributed by atoms with Crippen LogP contribution in [0.25, 0.3) is 0 Å². The Morgan fingerprint density at radius 3 is 1.89 bits per heavy atom. The topological polar surface area (TPSA) is 125 Å². The second-order valence-corrected chi connectivity index (χ2v) is 7.93. The van der Waals surface area contributed by atoms with Crippen molar-refractivity contribution in [3.05, 3.63) is 11.5 Å². The molecule has 0 atom stereocenters. The van der Waals surface area contributed by atoms with E-state index in [2.05, 4.69) is 20.4 Å². The lowest BCUT2D eigenvalue weighted by Gasteiger charge is -2.23. The van der Waals surface area contributed by atoms with Crippen LogP contribution in [0.1, 0.15) is 54.4 Å². The highest BCUT2D eigenvalue weighted by Gasteiger charge is 2.25. The minimum atomic E-state index is -0.834. The molecule has 0 spiro atoms. The van der Waals surface area contributed by atoms with Crippen molar-refractivity contribution in [1.29, 1.82) is 0 Å². The first-order chi connectivity index (χ1) is 12.8. The number of hydrogen-bond acceptors (Lipinski definition) is 8. The van der Waals surface area contributed by atoms with E-state index in [4.69, 9.17) is 14.2 Å². The fourth-order valence-electron chi connectivity index (χ4n) is 2.01. The van der Waals surface area contributed by atoms with Gasteiger partial charge in [-0.05, 0) is 54.4 Å². The van der Waals surface area contributed by atoms with Crippen molar-refractivity contribution < 1.29 is 33.3 Å². The van der Waals surface area contributed by atoms with Crippen molar-refractivity contribution in [2.24, 2.45) is 4.99 Å². The Morgan fingerprint density at radius 1 is 0.964 bits per heavy atom. The normalized spacial score (nSPS) is 14.4. The minimum absolute atomic E-state index is 0.0803. The summed E-state index contributed by atoms with van der Waals surface area (Å²) in [7, 11) is 1.22. The molecule has 158 valence electrons. The van der Waals surface area contributed by atoms with E-state index in [1.54, 1.807) is 41.5 Å². The molecule has 0 aromatic carbocycles. The number of esters is 1. The van der Waals surface area contributed by atoms with E-state index in [0.29, 0.717) is 19.4 Å². The van der Waals surface area contributed by atoms with E-state index in [0.717, 1.165) is 0 Å². The molecule has 0 aromatic rings. The number of methoxy groups -OCH3 is 1. The Labute approximate surface area is 164 Å². The predicted octanol–water partition coefficient (Wildman–Crippen LogP) is 2.59. The lowest BCUT2D eigenvalue weighted by atomic mass is 10.2. The van der Waals surface area contributed by atoms with Crippen molar-refractivity contribution in [3.8, 4) is 0 Å². The lowest BCUT2D eigenvalue weighted by molar-refractivity contribution is -0.140. The second-order valence-electron chi connectivity index (χ2n) is 7.93. The highest BCUT2D eigenvalue weighted by molar-refractivity contribution is 6.02. The molecule has 10 heteroatoms. The number of nitrogens with zero attached hydrogens (tertiary/aromatic N) is 1. The molecule has 0 aliphatic carbocycles. The molecule has 1 aliphatic rings. The van der Waals surface area contributed by atoms with Gasteiger partial charge in [-0.25, -0.2) is 19.4 Å². The summed E-state index contributed by atoms with van der Waals surface area (Å²) < 4.78 is 20.4. The lowest BCUT2D eigenvalue weighted by Crippen LogP contribution is -2.47. The van der Waals surface area contributed by atoms with Crippen LogP contribution >= 0.6 is 0 Å². The summed E-state index contributed by atoms with van der Waals surface area (Å²) in [5.41, 5.74) is -1.29. The first-order valence-electron chi connectivity index (χ1n) is 8.83. The van der Waals surface area contributed by atoms with Crippen LogP contribution in [0.3, 0.4) is 0 Å². The highest BCUT2D eigenvalue weighted by Crippen LogP contribution is 2.21. The van der Waals surface area contributed by atoms with Gasteiger partial charge in [0.1, 0.15) is 11.2 Å². The van der Waals surface area contributed by atoms with Crippen LogP contribution in [0.5, 0.6) is 0 Å². The van der Waals surface area contributed by atoms with Gasteiger partial charge >= 0.3 is 18.2 Å². The fourth-order valence-corrected chi connectivity index (χ4v) is 2.01. The molecule has 0 saturated carbocycles. The highest BCUT2D eigenvalue weighted by atomic mass is 16.6. The standard InChI is InChI=1S/C18H29N3O7/c1-17(2,3)27-15(23)20-14(21-16(24)28-18(4,5)6)19-11-9-8-10-26-12(11)13(22)25-7/h8-10H2,1-7H3,(H2,19,20,21,23,24). The average molecular weight is 399 g/mol. The Balaban J connectivity index is 3.15. The van der Waals surface area contributed by atoms with E-state index < -0.39 is 29.4 Å². The van der Waals surface area contributed by atoms with Gasteiger partial charge in [0.25, 0.3) is 0 Å². The monoisotopic (exact) mass is 399 g/mol. The number of nitrogens with one attached hydrogen (secondary N) is 2. The van der Waals surface area contributed by atoms with E-state index in [1.165, 1.54) is 7.11 Å². The summed E-state index contributed by atoms with van der Waals surface area (Å²) >= 11 is 0. The van der Waals surface area contributed by atoms with Gasteiger partial charge in [-0.1, -0.05) is 0 Å². The SMILES string of the molecule is COC(=O)C1=C(N=C(NC(=O)OC(C)(C)C)NC(=O)OC(C)(C)C)CCCO1. The number of amides is 2. The molecule has 0 unspecified atom stereocenters. The van der Waals surface area contributed by atoms with Crippen LogP contribution in [0.15, 0.2) is 16.4 Å². The van der Waals surface area contributed by atoms with Crippen LogP contribution in [-0.2, 0) is 23.7 Å². The Kier molecular flexibility index (Phi) is 7.83.